The molecule has 2 saturated heterocycles. The lowest BCUT2D eigenvalue weighted by molar-refractivity contribution is -0.0119. The van der Waals surface area contributed by atoms with E-state index < -0.39 is 16.7 Å². The van der Waals surface area contributed by atoms with Crippen LogP contribution in [0.3, 0.4) is 0 Å². The van der Waals surface area contributed by atoms with Crippen molar-refractivity contribution in [2.24, 2.45) is 0 Å². The van der Waals surface area contributed by atoms with Crippen molar-refractivity contribution in [3.63, 3.8) is 0 Å². The molecular formula is C31H43FN4O5. The highest BCUT2D eigenvalue weighted by Crippen LogP contribution is 2.52. The quantitative estimate of drug-likeness (QED) is 0.422. The minimum atomic E-state index is -0.743. The summed E-state index contributed by atoms with van der Waals surface area (Å²) in [7, 11) is 0. The van der Waals surface area contributed by atoms with Crippen molar-refractivity contribution in [1.29, 1.82) is 0 Å². The molecule has 3 aliphatic heterocycles. The van der Waals surface area contributed by atoms with Gasteiger partial charge in [0.05, 0.1) is 17.9 Å². The van der Waals surface area contributed by atoms with Crippen LogP contribution in [0.15, 0.2) is 18.2 Å². The Morgan fingerprint density at radius 2 is 1.83 bits per heavy atom. The van der Waals surface area contributed by atoms with Crippen LogP contribution < -0.4 is 4.74 Å². The van der Waals surface area contributed by atoms with Crippen LogP contribution in [0.2, 0.25) is 0 Å². The number of imidazole rings is 1. The van der Waals surface area contributed by atoms with E-state index in [-0.39, 0.29) is 23.9 Å². The van der Waals surface area contributed by atoms with Gasteiger partial charge >= 0.3 is 12.2 Å². The summed E-state index contributed by atoms with van der Waals surface area (Å²) in [6, 6.07) is 4.90. The maximum atomic E-state index is 15.4. The van der Waals surface area contributed by atoms with Crippen molar-refractivity contribution >= 4 is 12.2 Å². The van der Waals surface area contributed by atoms with Crippen LogP contribution in [-0.4, -0.2) is 68.9 Å². The van der Waals surface area contributed by atoms with E-state index in [0.29, 0.717) is 75.5 Å². The molecule has 224 valence electrons. The molecule has 0 N–H and O–H groups in total. The first-order chi connectivity index (χ1) is 19.3. The highest BCUT2D eigenvalue weighted by Gasteiger charge is 2.50. The van der Waals surface area contributed by atoms with E-state index in [1.807, 2.05) is 25.7 Å². The molecule has 0 radical (unpaired) electrons. The summed E-state index contributed by atoms with van der Waals surface area (Å²) in [4.78, 5) is 34.2. The van der Waals surface area contributed by atoms with Gasteiger partial charge in [-0.3, -0.25) is 0 Å². The average Bonchev–Trinajstić information content (AvgIpc) is 3.28. The average molecular weight is 571 g/mol. The van der Waals surface area contributed by atoms with Crippen LogP contribution in [-0.2, 0) is 21.6 Å². The number of ether oxygens (including phenoxy) is 3. The van der Waals surface area contributed by atoms with E-state index >= 15 is 4.39 Å². The second-order valence-corrected chi connectivity index (χ2v) is 12.9. The largest absolute Gasteiger partial charge is 0.480 e. The lowest BCUT2D eigenvalue weighted by Crippen LogP contribution is -2.54. The fourth-order valence-corrected chi connectivity index (χ4v) is 6.70. The van der Waals surface area contributed by atoms with Gasteiger partial charge in [-0.15, -0.1) is 0 Å². The normalized spacial score (nSPS) is 21.1. The van der Waals surface area contributed by atoms with Crippen molar-refractivity contribution in [3.05, 3.63) is 35.5 Å². The van der Waals surface area contributed by atoms with Crippen LogP contribution in [0.1, 0.15) is 91.6 Å². The number of amides is 2. The molecule has 0 bridgehead atoms. The van der Waals surface area contributed by atoms with E-state index in [0.717, 1.165) is 11.5 Å². The Labute approximate surface area is 241 Å². The molecule has 10 heteroatoms. The second kappa shape index (κ2) is 10.5. The number of hydrogen-bond donors (Lipinski definition) is 0. The van der Waals surface area contributed by atoms with Crippen LogP contribution >= 0.6 is 0 Å². The third-order valence-corrected chi connectivity index (χ3v) is 8.52. The summed E-state index contributed by atoms with van der Waals surface area (Å²) in [5.41, 5.74) is 0.114. The Balaban J connectivity index is 1.52. The minimum Gasteiger partial charge on any atom is -0.480 e. The molecule has 0 aliphatic carbocycles. The lowest BCUT2D eigenvalue weighted by Gasteiger charge is -2.46. The zero-order valence-electron chi connectivity index (χ0n) is 25.4. The Hall–Kier alpha value is -3.30. The molecular weight excluding hydrogens is 527 g/mol. The molecule has 9 nitrogen and oxygen atoms in total. The fraction of sp³-hybridized carbons (Fsp3) is 0.645. The third kappa shape index (κ3) is 5.26. The Bertz CT molecular complexity index is 1320. The van der Waals surface area contributed by atoms with Crippen LogP contribution in [0.4, 0.5) is 14.0 Å². The van der Waals surface area contributed by atoms with Crippen molar-refractivity contribution < 1.29 is 28.2 Å². The minimum absolute atomic E-state index is 0.0566. The summed E-state index contributed by atoms with van der Waals surface area (Å²) in [5, 5.41) is 0. The first-order valence-electron chi connectivity index (χ1n) is 14.8. The van der Waals surface area contributed by atoms with E-state index in [4.69, 9.17) is 19.2 Å². The van der Waals surface area contributed by atoms with Crippen LogP contribution in [0, 0.1) is 5.82 Å². The van der Waals surface area contributed by atoms with Gasteiger partial charge < -0.3 is 28.6 Å². The van der Waals surface area contributed by atoms with Gasteiger partial charge in [-0.05, 0) is 73.4 Å². The number of fused-ring (bicyclic) bond motifs is 4. The van der Waals surface area contributed by atoms with Gasteiger partial charge in [-0.2, -0.15) is 0 Å². The van der Waals surface area contributed by atoms with Gasteiger partial charge in [0, 0.05) is 50.5 Å². The molecule has 1 aromatic heterocycles. The van der Waals surface area contributed by atoms with Gasteiger partial charge in [0.25, 0.3) is 0 Å². The first kappa shape index (κ1) is 29.2. The number of nitrogens with zero attached hydrogens (tertiary/aromatic N) is 4. The smallest absolute Gasteiger partial charge is 0.410 e. The van der Waals surface area contributed by atoms with E-state index in [2.05, 4.69) is 25.3 Å². The zero-order valence-corrected chi connectivity index (χ0v) is 25.4. The number of halogens is 1. The van der Waals surface area contributed by atoms with Crippen LogP contribution in [0.25, 0.3) is 11.3 Å². The molecule has 5 rings (SSSR count). The van der Waals surface area contributed by atoms with E-state index in [9.17, 15) is 9.59 Å². The number of hydrogen-bond acceptors (Lipinski definition) is 6. The van der Waals surface area contributed by atoms with E-state index in [1.165, 1.54) is 6.07 Å². The molecule has 4 heterocycles. The monoisotopic (exact) mass is 570 g/mol. The highest BCUT2D eigenvalue weighted by molar-refractivity contribution is 5.74. The standard InChI is InChI=1S/C31H43FN4O5/c1-8-35-25-24(33-26(35)20-13-16-36(30(6,7)19-20)28(38)41-29(3,4)5)23-21(32)11-10-12-22(23)40-31(25)14-17-34(18-15-31)27(37)39-9-2/h10-12,20H,8-9,13-19H2,1-7H3. The van der Waals surface area contributed by atoms with Crippen molar-refractivity contribution in [2.45, 2.75) is 103 Å². The number of carbonyl (C=O) groups excluding carboxylic acids is 2. The molecule has 1 aromatic carbocycles. The predicted molar refractivity (Wildman–Crippen MR) is 152 cm³/mol. The van der Waals surface area contributed by atoms with Gasteiger partial charge in [-0.25, -0.2) is 19.0 Å². The number of likely N-dealkylation sites (tertiary alicyclic amines) is 2. The Kier molecular flexibility index (Phi) is 7.49. The third-order valence-electron chi connectivity index (χ3n) is 8.52. The number of rotatable bonds is 3. The maximum absolute atomic E-state index is 15.4. The molecule has 3 aliphatic rings. The molecule has 0 saturated carbocycles. The molecule has 2 aromatic rings. The maximum Gasteiger partial charge on any atom is 0.410 e. The summed E-state index contributed by atoms with van der Waals surface area (Å²) in [5.74, 6) is 1.06. The molecule has 2 fully saturated rings. The molecule has 2 amide bonds. The van der Waals surface area contributed by atoms with Crippen molar-refractivity contribution in [1.82, 2.24) is 19.4 Å². The van der Waals surface area contributed by atoms with Gasteiger partial charge in [0.15, 0.2) is 5.60 Å². The second-order valence-electron chi connectivity index (χ2n) is 12.9. The van der Waals surface area contributed by atoms with Gasteiger partial charge in [-0.1, -0.05) is 6.07 Å². The Morgan fingerprint density at radius 1 is 1.12 bits per heavy atom. The number of aromatic nitrogens is 2. The summed E-state index contributed by atoms with van der Waals surface area (Å²) in [6.07, 6.45) is 1.86. The number of benzene rings is 1. The molecule has 1 unspecified atom stereocenters. The van der Waals surface area contributed by atoms with Crippen molar-refractivity contribution in [2.75, 3.05) is 26.2 Å². The Morgan fingerprint density at radius 3 is 2.44 bits per heavy atom. The first-order valence-corrected chi connectivity index (χ1v) is 14.8. The topological polar surface area (TPSA) is 86.1 Å². The summed E-state index contributed by atoms with van der Waals surface area (Å²) in [6.45, 7) is 16.1. The highest BCUT2D eigenvalue weighted by atomic mass is 19.1. The zero-order chi connectivity index (χ0) is 29.7. The molecule has 1 spiro atoms. The van der Waals surface area contributed by atoms with Gasteiger partial charge in [0.1, 0.15) is 28.7 Å². The SMILES string of the molecule is CCOC(=O)N1CCC2(CC1)Oc1cccc(F)c1-c1nc(C3CCN(C(=O)OC(C)(C)C)C(C)(C)C3)n(CC)c12. The summed E-state index contributed by atoms with van der Waals surface area (Å²) >= 11 is 0. The predicted octanol–water partition coefficient (Wildman–Crippen LogP) is 6.44. The van der Waals surface area contributed by atoms with E-state index in [1.54, 1.807) is 24.0 Å². The molecule has 1 atom stereocenters. The summed E-state index contributed by atoms with van der Waals surface area (Å²) < 4.78 is 35.2. The molecule has 41 heavy (non-hydrogen) atoms. The number of piperidine rings is 2. The van der Waals surface area contributed by atoms with Crippen molar-refractivity contribution in [3.8, 4) is 17.0 Å². The lowest BCUT2D eigenvalue weighted by atomic mass is 9.82. The number of carbonyl (C=O) groups is 2. The fourth-order valence-electron chi connectivity index (χ4n) is 6.70. The van der Waals surface area contributed by atoms with Crippen LogP contribution in [0.5, 0.6) is 5.75 Å². The van der Waals surface area contributed by atoms with Gasteiger partial charge in [0.2, 0.25) is 0 Å².